The van der Waals surface area contributed by atoms with E-state index in [1.54, 1.807) is 49.9 Å². The number of nitrogens with zero attached hydrogens (tertiary/aromatic N) is 6. The van der Waals surface area contributed by atoms with Crippen molar-refractivity contribution < 1.29 is 33.4 Å². The molecule has 0 aliphatic carbocycles. The van der Waals surface area contributed by atoms with Crippen LogP contribution in [0.4, 0.5) is 10.5 Å². The zero-order chi connectivity index (χ0) is 43.1. The number of carbonyl (C=O) groups excluding carboxylic acids is 5. The third-order valence-corrected chi connectivity index (χ3v) is 13.4. The number of aryl methyl sites for hydroxylation is 1. The molecule has 3 saturated heterocycles. The van der Waals surface area contributed by atoms with Crippen molar-refractivity contribution >= 4 is 35.3 Å². The Labute approximate surface area is 355 Å². The Morgan fingerprint density at radius 2 is 1.51 bits per heavy atom. The minimum absolute atomic E-state index is 0.0812. The maximum atomic E-state index is 13.4. The monoisotopic (exact) mass is 836 g/mol. The first-order valence-corrected chi connectivity index (χ1v) is 21.4. The number of pyridine rings is 1. The fourth-order valence-corrected chi connectivity index (χ4v) is 9.82. The van der Waals surface area contributed by atoms with Gasteiger partial charge in [0.25, 0.3) is 17.4 Å². The van der Waals surface area contributed by atoms with Crippen molar-refractivity contribution in [2.45, 2.75) is 70.6 Å². The van der Waals surface area contributed by atoms with Crippen LogP contribution in [0, 0.1) is 5.92 Å². The molecule has 0 saturated carbocycles. The first-order valence-electron chi connectivity index (χ1n) is 21.4. The summed E-state index contributed by atoms with van der Waals surface area (Å²) in [5.74, 6) is 0.0976. The van der Waals surface area contributed by atoms with Gasteiger partial charge >= 0.3 is 6.03 Å². The minimum Gasteiger partial charge on any atom is -0.496 e. The molecular weight excluding hydrogens is 781 g/mol. The van der Waals surface area contributed by atoms with E-state index in [1.165, 1.54) is 0 Å². The summed E-state index contributed by atoms with van der Waals surface area (Å²) in [5, 5.41) is 4.95. The van der Waals surface area contributed by atoms with Gasteiger partial charge in [0.1, 0.15) is 17.5 Å². The van der Waals surface area contributed by atoms with Crippen molar-refractivity contribution in [3.63, 3.8) is 0 Å². The van der Waals surface area contributed by atoms with Crippen LogP contribution in [0.5, 0.6) is 11.5 Å². The van der Waals surface area contributed by atoms with E-state index in [0.717, 1.165) is 109 Å². The molecule has 6 amide bonds. The molecule has 324 valence electrons. The topological polar surface area (TPSA) is 166 Å². The second-order valence-corrected chi connectivity index (χ2v) is 17.0. The maximum absolute atomic E-state index is 13.4. The van der Waals surface area contributed by atoms with Crippen LogP contribution in [-0.4, -0.2) is 133 Å². The van der Waals surface area contributed by atoms with Crippen LogP contribution in [0.1, 0.15) is 76.4 Å². The number of piperazine rings is 1. The fraction of sp³-hybridized carbons (Fsp3) is 0.511. The normalized spacial score (nSPS) is 21.4. The number of ether oxygens (including phenoxy) is 2. The van der Waals surface area contributed by atoms with E-state index < -0.39 is 29.7 Å². The third-order valence-electron chi connectivity index (χ3n) is 13.4. The zero-order valence-corrected chi connectivity index (χ0v) is 35.8. The molecule has 2 N–H and O–H groups in total. The van der Waals surface area contributed by atoms with Gasteiger partial charge in [0.15, 0.2) is 0 Å². The zero-order valence-electron chi connectivity index (χ0n) is 35.8. The number of hydrogen-bond acceptors (Lipinski definition) is 11. The first-order chi connectivity index (χ1) is 29.4. The number of urea groups is 1. The molecule has 8 rings (SSSR count). The van der Waals surface area contributed by atoms with Gasteiger partial charge in [-0.15, -0.1) is 0 Å². The van der Waals surface area contributed by atoms with Crippen LogP contribution in [0.15, 0.2) is 41.3 Å². The lowest BCUT2D eigenvalue weighted by molar-refractivity contribution is -0.136. The quantitative estimate of drug-likeness (QED) is 0.289. The Morgan fingerprint density at radius 1 is 0.836 bits per heavy atom. The van der Waals surface area contributed by atoms with Gasteiger partial charge in [-0.3, -0.25) is 39.1 Å². The molecule has 0 spiro atoms. The Morgan fingerprint density at radius 3 is 2.16 bits per heavy atom. The summed E-state index contributed by atoms with van der Waals surface area (Å²) in [6.45, 7) is 9.46. The van der Waals surface area contributed by atoms with E-state index in [4.69, 9.17) is 9.47 Å². The number of anilines is 1. The van der Waals surface area contributed by atoms with Crippen LogP contribution in [0.25, 0.3) is 11.1 Å². The molecule has 1 aromatic heterocycles. The lowest BCUT2D eigenvalue weighted by Crippen LogP contribution is -2.54. The Hall–Kier alpha value is -5.74. The number of rotatable bonds is 10. The average Bonchev–Trinajstić information content (AvgIpc) is 3.51. The van der Waals surface area contributed by atoms with E-state index in [-0.39, 0.29) is 37.0 Å². The van der Waals surface area contributed by atoms with E-state index in [0.29, 0.717) is 35.6 Å². The molecule has 5 aliphatic heterocycles. The minimum atomic E-state index is -0.972. The summed E-state index contributed by atoms with van der Waals surface area (Å²) in [5.41, 5.74) is 5.81. The molecule has 0 radical (unpaired) electrons. The number of benzene rings is 2. The van der Waals surface area contributed by atoms with Gasteiger partial charge in [0, 0.05) is 95.4 Å². The van der Waals surface area contributed by atoms with Crippen molar-refractivity contribution in [2.75, 3.05) is 72.0 Å². The summed E-state index contributed by atoms with van der Waals surface area (Å²) < 4.78 is 13.6. The summed E-state index contributed by atoms with van der Waals surface area (Å²) in [6.07, 6.45) is 5.86. The highest BCUT2D eigenvalue weighted by molar-refractivity contribution is 6.23. The van der Waals surface area contributed by atoms with E-state index in [9.17, 15) is 28.8 Å². The predicted octanol–water partition coefficient (Wildman–Crippen LogP) is 2.98. The number of nitrogens with one attached hydrogen (secondary N) is 2. The van der Waals surface area contributed by atoms with Gasteiger partial charge in [-0.2, -0.15) is 0 Å². The molecule has 3 fully saturated rings. The van der Waals surface area contributed by atoms with Crippen LogP contribution < -0.4 is 30.6 Å². The van der Waals surface area contributed by atoms with Gasteiger partial charge in [-0.05, 0) is 92.9 Å². The Bertz CT molecular complexity index is 2290. The molecule has 5 aliphatic rings. The molecule has 2 atom stereocenters. The second kappa shape index (κ2) is 17.3. The van der Waals surface area contributed by atoms with E-state index in [1.807, 2.05) is 31.3 Å². The summed E-state index contributed by atoms with van der Waals surface area (Å²) in [7, 11) is 6.71. The van der Waals surface area contributed by atoms with Crippen LogP contribution in [0.2, 0.25) is 0 Å². The molecule has 16 nitrogen and oxygen atoms in total. The number of methoxy groups -OCH3 is 2. The average molecular weight is 837 g/mol. The summed E-state index contributed by atoms with van der Waals surface area (Å²) >= 11 is 0. The molecular formula is C45H56N8O8. The van der Waals surface area contributed by atoms with Crippen molar-refractivity contribution in [1.82, 2.24) is 34.8 Å². The van der Waals surface area contributed by atoms with Crippen LogP contribution in [0.3, 0.4) is 0 Å². The number of amides is 6. The van der Waals surface area contributed by atoms with Gasteiger partial charge < -0.3 is 34.1 Å². The van der Waals surface area contributed by atoms with E-state index >= 15 is 0 Å². The Kier molecular flexibility index (Phi) is 11.9. The molecule has 16 heteroatoms. The van der Waals surface area contributed by atoms with E-state index in [2.05, 4.69) is 25.3 Å². The smallest absolute Gasteiger partial charge is 0.317 e. The summed E-state index contributed by atoms with van der Waals surface area (Å²) in [6, 6.07) is 8.19. The SMILES string of the molecule is CNC(=O)N1Cc2c(c(-c3cc(OC)c(CN4CCN(CCC5CCN(c6ccc7c(c6)C(=O)N(C6CCC(=O)NC6=O)C7=O)CC5)CC4)c(OC)c3)cn(C)c2=O)CC1C. The maximum Gasteiger partial charge on any atom is 0.317 e. The predicted molar refractivity (Wildman–Crippen MR) is 228 cm³/mol. The number of piperidine rings is 2. The van der Waals surface area contributed by atoms with Gasteiger partial charge in [0.2, 0.25) is 11.8 Å². The highest BCUT2D eigenvalue weighted by Gasteiger charge is 2.45. The van der Waals surface area contributed by atoms with Gasteiger partial charge in [-0.1, -0.05) is 0 Å². The van der Waals surface area contributed by atoms with Crippen molar-refractivity contribution in [3.05, 3.63) is 74.7 Å². The number of hydrogen-bond donors (Lipinski definition) is 2. The lowest BCUT2D eigenvalue weighted by atomic mass is 9.89. The highest BCUT2D eigenvalue weighted by atomic mass is 16.5. The van der Waals surface area contributed by atoms with Gasteiger partial charge in [-0.25, -0.2) is 4.79 Å². The van der Waals surface area contributed by atoms with Crippen LogP contribution >= 0.6 is 0 Å². The lowest BCUT2D eigenvalue weighted by Gasteiger charge is -2.37. The molecule has 2 unspecified atom stereocenters. The second-order valence-electron chi connectivity index (χ2n) is 17.0. The Balaban J connectivity index is 0.845. The number of aromatic nitrogens is 1. The third kappa shape index (κ3) is 8.10. The molecule has 61 heavy (non-hydrogen) atoms. The molecule has 6 heterocycles. The standard InChI is InChI=1S/C45H56N8O8/c1-27-20-32-34(24-48(3)42(56)35(32)26-52(27)45(59)46-2)29-21-38(60-4)36(39(22-29)61-5)25-50-18-16-49(17-19-50)13-10-28-11-14-51(15-12-28)30-6-7-31-33(23-30)44(58)53(43(31)57)37-8-9-40(54)47-41(37)55/h6-7,21-24,27-28,37H,8-20,25-26H2,1-5H3,(H,46,59)(H,47,54,55). The fourth-order valence-electron chi connectivity index (χ4n) is 9.82. The van der Waals surface area contributed by atoms with Crippen LogP contribution in [-0.2, 0) is 36.1 Å². The van der Waals surface area contributed by atoms with Crippen molar-refractivity contribution in [1.29, 1.82) is 0 Å². The van der Waals surface area contributed by atoms with Gasteiger partial charge in [0.05, 0.1) is 37.5 Å². The number of imide groups is 2. The van der Waals surface area contributed by atoms with Crippen molar-refractivity contribution in [3.8, 4) is 22.6 Å². The molecule has 0 bridgehead atoms. The number of fused-ring (bicyclic) bond motifs is 2. The summed E-state index contributed by atoms with van der Waals surface area (Å²) in [4.78, 5) is 86.5. The number of carbonyl (C=O) groups is 5. The molecule has 3 aromatic rings. The first kappa shape index (κ1) is 42.0. The highest BCUT2D eigenvalue weighted by Crippen LogP contribution is 2.39. The molecule has 2 aromatic carbocycles. The van der Waals surface area contributed by atoms with Crippen molar-refractivity contribution in [2.24, 2.45) is 13.0 Å². The largest absolute Gasteiger partial charge is 0.496 e.